The minimum atomic E-state index is 0.0191. The van der Waals surface area contributed by atoms with Crippen molar-refractivity contribution in [2.75, 3.05) is 5.32 Å². The second-order valence-corrected chi connectivity index (χ2v) is 2.14. The van der Waals surface area contributed by atoms with E-state index in [1.54, 1.807) is 30.5 Å². The van der Waals surface area contributed by atoms with Gasteiger partial charge in [0.2, 0.25) is 0 Å². The van der Waals surface area contributed by atoms with E-state index in [4.69, 9.17) is 10.5 Å². The quantitative estimate of drug-likeness (QED) is 0.681. The van der Waals surface area contributed by atoms with E-state index >= 15 is 0 Å². The van der Waals surface area contributed by atoms with E-state index < -0.39 is 0 Å². The molecule has 1 aromatic heterocycles. The molecule has 4 nitrogen and oxygen atoms in total. The molecule has 0 saturated carbocycles. The average molecular weight is 170 g/mol. The lowest BCUT2D eigenvalue weighted by Crippen LogP contribution is -1.91. The third-order valence-corrected chi connectivity index (χ3v) is 1.27. The summed E-state index contributed by atoms with van der Waals surface area (Å²) in [6, 6.07) is 8.79. The highest BCUT2D eigenvalue weighted by atomic mass is 15.0. The maximum Gasteiger partial charge on any atom is 0.145 e. The highest BCUT2D eigenvalue weighted by Gasteiger charge is 1.91. The van der Waals surface area contributed by atoms with E-state index in [1.807, 2.05) is 6.07 Å². The van der Waals surface area contributed by atoms with Crippen molar-refractivity contribution in [3.05, 3.63) is 36.2 Å². The number of aromatic nitrogens is 1. The van der Waals surface area contributed by atoms with E-state index in [0.29, 0.717) is 5.82 Å². The van der Waals surface area contributed by atoms with E-state index in [-0.39, 0.29) is 5.57 Å². The number of rotatable bonds is 2. The first-order valence-electron chi connectivity index (χ1n) is 3.55. The van der Waals surface area contributed by atoms with Crippen LogP contribution in [0.2, 0.25) is 0 Å². The summed E-state index contributed by atoms with van der Waals surface area (Å²) in [6.45, 7) is 0. The van der Waals surface area contributed by atoms with Crippen LogP contribution >= 0.6 is 0 Å². The molecule has 0 spiro atoms. The van der Waals surface area contributed by atoms with Crippen molar-refractivity contribution in [3.63, 3.8) is 0 Å². The topological polar surface area (TPSA) is 72.5 Å². The summed E-state index contributed by atoms with van der Waals surface area (Å²) in [5.41, 5.74) is 0.0191. The molecule has 0 saturated heterocycles. The SMILES string of the molecule is N#CC(C#N)=CNc1ccccn1. The fraction of sp³-hybridized carbons (Fsp3) is 0. The van der Waals surface area contributed by atoms with Gasteiger partial charge in [-0.3, -0.25) is 0 Å². The van der Waals surface area contributed by atoms with Gasteiger partial charge in [0.05, 0.1) is 0 Å². The summed E-state index contributed by atoms with van der Waals surface area (Å²) in [5, 5.41) is 19.5. The number of hydrogen-bond acceptors (Lipinski definition) is 4. The van der Waals surface area contributed by atoms with Crippen LogP contribution in [-0.2, 0) is 0 Å². The molecule has 13 heavy (non-hydrogen) atoms. The van der Waals surface area contributed by atoms with Crippen molar-refractivity contribution in [1.29, 1.82) is 10.5 Å². The molecule has 0 atom stereocenters. The normalized spacial score (nSPS) is 7.85. The zero-order valence-corrected chi connectivity index (χ0v) is 6.73. The minimum absolute atomic E-state index is 0.0191. The summed E-state index contributed by atoms with van der Waals surface area (Å²) >= 11 is 0. The molecule has 1 heterocycles. The molecule has 0 radical (unpaired) electrons. The first kappa shape index (κ1) is 8.76. The van der Waals surface area contributed by atoms with Crippen LogP contribution in [0, 0.1) is 22.7 Å². The number of hydrogen-bond donors (Lipinski definition) is 1. The molecule has 1 rings (SSSR count). The average Bonchev–Trinajstić information content (AvgIpc) is 2.21. The van der Waals surface area contributed by atoms with Gasteiger partial charge < -0.3 is 5.32 Å². The van der Waals surface area contributed by atoms with Crippen LogP contribution < -0.4 is 5.32 Å². The zero-order chi connectivity index (χ0) is 9.52. The fourth-order valence-corrected chi connectivity index (χ4v) is 0.684. The molecule has 0 aliphatic heterocycles. The highest BCUT2D eigenvalue weighted by molar-refractivity contribution is 5.43. The van der Waals surface area contributed by atoms with Crippen LogP contribution in [0.1, 0.15) is 0 Å². The lowest BCUT2D eigenvalue weighted by molar-refractivity contribution is 1.30. The van der Waals surface area contributed by atoms with Gasteiger partial charge in [0.25, 0.3) is 0 Å². The monoisotopic (exact) mass is 170 g/mol. The molecular weight excluding hydrogens is 164 g/mol. The summed E-state index contributed by atoms with van der Waals surface area (Å²) in [7, 11) is 0. The Morgan fingerprint density at radius 2 is 2.15 bits per heavy atom. The molecule has 1 N–H and O–H groups in total. The van der Waals surface area contributed by atoms with Crippen LogP contribution in [0.25, 0.3) is 0 Å². The summed E-state index contributed by atoms with van der Waals surface area (Å²) in [6.07, 6.45) is 2.94. The Labute approximate surface area is 75.8 Å². The van der Waals surface area contributed by atoms with Gasteiger partial charge >= 0.3 is 0 Å². The Bertz CT molecular complexity index is 364. The Balaban J connectivity index is 2.69. The van der Waals surface area contributed by atoms with Gasteiger partial charge in [-0.2, -0.15) is 10.5 Å². The minimum Gasteiger partial charge on any atom is -0.345 e. The molecule has 62 valence electrons. The van der Waals surface area contributed by atoms with Gasteiger partial charge in [0, 0.05) is 12.4 Å². The van der Waals surface area contributed by atoms with Gasteiger partial charge in [-0.1, -0.05) is 6.07 Å². The maximum atomic E-state index is 8.40. The third-order valence-electron chi connectivity index (χ3n) is 1.27. The second kappa shape index (κ2) is 4.53. The van der Waals surface area contributed by atoms with Crippen molar-refractivity contribution < 1.29 is 0 Å². The maximum absolute atomic E-state index is 8.40. The first-order chi connectivity index (χ1) is 6.36. The Kier molecular flexibility index (Phi) is 3.05. The van der Waals surface area contributed by atoms with Crippen LogP contribution in [0.4, 0.5) is 5.82 Å². The molecule has 0 aliphatic carbocycles. The number of allylic oxidation sites excluding steroid dienone is 1. The first-order valence-corrected chi connectivity index (χ1v) is 3.55. The van der Waals surface area contributed by atoms with Crippen molar-refractivity contribution in [1.82, 2.24) is 4.98 Å². The lowest BCUT2D eigenvalue weighted by atomic mass is 10.3. The van der Waals surface area contributed by atoms with E-state index in [0.717, 1.165) is 0 Å². The molecule has 0 aromatic carbocycles. The number of pyridine rings is 1. The highest BCUT2D eigenvalue weighted by Crippen LogP contribution is 2.00. The van der Waals surface area contributed by atoms with Crippen LogP contribution in [0.15, 0.2) is 36.2 Å². The predicted octanol–water partition coefficient (Wildman–Crippen LogP) is 1.42. The summed E-state index contributed by atoms with van der Waals surface area (Å²) < 4.78 is 0. The number of nitriles is 2. The standard InChI is InChI=1S/C9H6N4/c10-5-8(6-11)7-13-9-3-1-2-4-12-9/h1-4,7H,(H,12,13). The van der Waals surface area contributed by atoms with Crippen LogP contribution in [-0.4, -0.2) is 4.98 Å². The van der Waals surface area contributed by atoms with Gasteiger partial charge in [-0.15, -0.1) is 0 Å². The number of nitrogens with zero attached hydrogens (tertiary/aromatic N) is 3. The smallest absolute Gasteiger partial charge is 0.145 e. The van der Waals surface area contributed by atoms with Crippen LogP contribution in [0.5, 0.6) is 0 Å². The Morgan fingerprint density at radius 1 is 1.38 bits per heavy atom. The van der Waals surface area contributed by atoms with Crippen molar-refractivity contribution >= 4 is 5.82 Å². The van der Waals surface area contributed by atoms with Crippen molar-refractivity contribution in [3.8, 4) is 12.1 Å². The zero-order valence-electron chi connectivity index (χ0n) is 6.73. The molecule has 0 amide bonds. The van der Waals surface area contributed by atoms with E-state index in [2.05, 4.69) is 10.3 Å². The summed E-state index contributed by atoms with van der Waals surface area (Å²) in [4.78, 5) is 3.94. The Morgan fingerprint density at radius 3 is 2.69 bits per heavy atom. The lowest BCUT2D eigenvalue weighted by Gasteiger charge is -1.96. The molecular formula is C9H6N4. The fourth-order valence-electron chi connectivity index (χ4n) is 0.684. The molecule has 0 bridgehead atoms. The van der Waals surface area contributed by atoms with Gasteiger partial charge in [0.15, 0.2) is 0 Å². The third kappa shape index (κ3) is 2.64. The summed E-state index contributed by atoms with van der Waals surface area (Å²) in [5.74, 6) is 0.602. The van der Waals surface area contributed by atoms with Gasteiger partial charge in [-0.25, -0.2) is 4.98 Å². The van der Waals surface area contributed by atoms with E-state index in [9.17, 15) is 0 Å². The van der Waals surface area contributed by atoms with Gasteiger partial charge in [0.1, 0.15) is 23.5 Å². The largest absolute Gasteiger partial charge is 0.345 e. The molecule has 0 fully saturated rings. The second-order valence-electron chi connectivity index (χ2n) is 2.14. The number of anilines is 1. The number of nitrogens with one attached hydrogen (secondary N) is 1. The van der Waals surface area contributed by atoms with Crippen molar-refractivity contribution in [2.24, 2.45) is 0 Å². The van der Waals surface area contributed by atoms with Crippen LogP contribution in [0.3, 0.4) is 0 Å². The molecule has 0 unspecified atom stereocenters. The molecule has 4 heteroatoms. The molecule has 0 aliphatic rings. The van der Waals surface area contributed by atoms with E-state index in [1.165, 1.54) is 6.20 Å². The Hall–Kier alpha value is -2.33. The molecule has 1 aromatic rings. The van der Waals surface area contributed by atoms with Crippen molar-refractivity contribution in [2.45, 2.75) is 0 Å². The van der Waals surface area contributed by atoms with Gasteiger partial charge in [-0.05, 0) is 12.1 Å². The predicted molar refractivity (Wildman–Crippen MR) is 47.2 cm³/mol.